The molecule has 1 aliphatic carbocycles. The molecule has 0 bridgehead atoms. The second-order valence-electron chi connectivity index (χ2n) is 6.20. The van der Waals surface area contributed by atoms with Gasteiger partial charge in [-0.15, -0.1) is 0 Å². The van der Waals surface area contributed by atoms with Crippen molar-refractivity contribution in [1.29, 1.82) is 0 Å². The van der Waals surface area contributed by atoms with Crippen LogP contribution in [0.4, 0.5) is 0 Å². The minimum Gasteiger partial charge on any atom is -0.390 e. The van der Waals surface area contributed by atoms with Crippen LogP contribution in [0.15, 0.2) is 18.2 Å². The minimum absolute atomic E-state index is 0.564. The molecule has 0 aliphatic heterocycles. The summed E-state index contributed by atoms with van der Waals surface area (Å²) in [5.74, 6) is 1.22. The van der Waals surface area contributed by atoms with Crippen molar-refractivity contribution in [2.45, 2.75) is 51.6 Å². The summed E-state index contributed by atoms with van der Waals surface area (Å²) in [7, 11) is 0. The lowest BCUT2D eigenvalue weighted by molar-refractivity contribution is -0.0239. The molecule has 106 valence electrons. The topological polar surface area (TPSA) is 20.2 Å². The first kappa shape index (κ1) is 15.2. The molecular weight excluding hydrogens is 279 g/mol. The van der Waals surface area contributed by atoms with Gasteiger partial charge in [-0.05, 0) is 48.8 Å². The maximum Gasteiger partial charge on any atom is 0.0691 e. The highest BCUT2D eigenvalue weighted by atomic mass is 35.5. The molecule has 1 fully saturated rings. The van der Waals surface area contributed by atoms with Crippen LogP contribution in [0.25, 0.3) is 0 Å². The van der Waals surface area contributed by atoms with Gasteiger partial charge in [0.2, 0.25) is 0 Å². The summed E-state index contributed by atoms with van der Waals surface area (Å²) in [5, 5.41) is 12.2. The van der Waals surface area contributed by atoms with E-state index in [9.17, 15) is 5.11 Å². The number of aliphatic hydroxyl groups is 1. The zero-order chi connectivity index (χ0) is 14.0. The van der Waals surface area contributed by atoms with Crippen molar-refractivity contribution in [1.82, 2.24) is 0 Å². The van der Waals surface area contributed by atoms with Gasteiger partial charge in [0.15, 0.2) is 0 Å². The second-order valence-corrected chi connectivity index (χ2v) is 7.02. The van der Waals surface area contributed by atoms with Crippen molar-refractivity contribution < 1.29 is 5.11 Å². The van der Waals surface area contributed by atoms with Gasteiger partial charge in [0.25, 0.3) is 0 Å². The molecule has 1 nitrogen and oxygen atoms in total. The first-order valence-electron chi connectivity index (χ1n) is 7.06. The molecule has 2 rings (SSSR count). The van der Waals surface area contributed by atoms with E-state index in [1.54, 1.807) is 0 Å². The molecule has 0 radical (unpaired) electrons. The Morgan fingerprint density at radius 2 is 1.95 bits per heavy atom. The molecule has 0 saturated heterocycles. The smallest absolute Gasteiger partial charge is 0.0691 e. The maximum absolute atomic E-state index is 10.9. The van der Waals surface area contributed by atoms with Crippen molar-refractivity contribution in [3.05, 3.63) is 33.8 Å². The van der Waals surface area contributed by atoms with Crippen molar-refractivity contribution in [2.75, 3.05) is 0 Å². The summed E-state index contributed by atoms with van der Waals surface area (Å²) in [4.78, 5) is 0. The molecule has 2 atom stereocenters. The summed E-state index contributed by atoms with van der Waals surface area (Å²) in [6.07, 6.45) is 4.57. The van der Waals surface area contributed by atoms with Gasteiger partial charge < -0.3 is 5.11 Å². The van der Waals surface area contributed by atoms with Crippen molar-refractivity contribution in [3.63, 3.8) is 0 Å². The molecular formula is C16H22Cl2O. The van der Waals surface area contributed by atoms with Crippen LogP contribution in [0.1, 0.15) is 45.1 Å². The monoisotopic (exact) mass is 300 g/mol. The molecule has 1 aromatic rings. The van der Waals surface area contributed by atoms with Crippen LogP contribution >= 0.6 is 23.2 Å². The molecule has 19 heavy (non-hydrogen) atoms. The Kier molecular flexibility index (Phi) is 4.81. The SMILES string of the molecule is CC(C)C1CCCC(O)(Cc2c(Cl)cccc2Cl)C1. The fraction of sp³-hybridized carbons (Fsp3) is 0.625. The predicted octanol–water partition coefficient (Wildman–Crippen LogP) is 5.11. The fourth-order valence-corrected chi connectivity index (χ4v) is 3.68. The predicted molar refractivity (Wildman–Crippen MR) is 81.9 cm³/mol. The summed E-state index contributed by atoms with van der Waals surface area (Å²) in [5.41, 5.74) is 0.236. The van der Waals surface area contributed by atoms with Gasteiger partial charge in [-0.25, -0.2) is 0 Å². The Morgan fingerprint density at radius 1 is 1.32 bits per heavy atom. The molecule has 0 heterocycles. The average Bonchev–Trinajstić information content (AvgIpc) is 2.34. The fourth-order valence-electron chi connectivity index (χ4n) is 3.15. The van der Waals surface area contributed by atoms with Crippen molar-refractivity contribution in [3.8, 4) is 0 Å². The number of hydrogen-bond donors (Lipinski definition) is 1. The maximum atomic E-state index is 10.9. The molecule has 0 aromatic heterocycles. The highest BCUT2D eigenvalue weighted by molar-refractivity contribution is 6.36. The summed E-state index contributed by atoms with van der Waals surface area (Å²) in [6, 6.07) is 5.53. The highest BCUT2D eigenvalue weighted by Gasteiger charge is 2.36. The Labute approximate surface area is 125 Å². The third-order valence-corrected chi connectivity index (χ3v) is 5.08. The van der Waals surface area contributed by atoms with E-state index in [2.05, 4.69) is 13.8 Å². The Hall–Kier alpha value is -0.240. The highest BCUT2D eigenvalue weighted by Crippen LogP contribution is 2.40. The Balaban J connectivity index is 2.17. The molecule has 2 unspecified atom stereocenters. The minimum atomic E-state index is -0.651. The van der Waals surface area contributed by atoms with Crippen LogP contribution in [0.2, 0.25) is 10.0 Å². The molecule has 0 spiro atoms. The van der Waals surface area contributed by atoms with Gasteiger partial charge in [-0.1, -0.05) is 49.5 Å². The van der Waals surface area contributed by atoms with Gasteiger partial charge in [0, 0.05) is 16.5 Å². The number of hydrogen-bond acceptors (Lipinski definition) is 1. The Bertz CT molecular complexity index is 424. The summed E-state index contributed by atoms with van der Waals surface area (Å²) in [6.45, 7) is 4.47. The lowest BCUT2D eigenvalue weighted by atomic mass is 9.71. The van der Waals surface area contributed by atoms with Gasteiger partial charge in [0.05, 0.1) is 5.60 Å². The average molecular weight is 301 g/mol. The number of rotatable bonds is 3. The van der Waals surface area contributed by atoms with E-state index < -0.39 is 5.60 Å². The van der Waals surface area contributed by atoms with E-state index in [1.165, 1.54) is 6.42 Å². The van der Waals surface area contributed by atoms with Gasteiger partial charge in [-0.3, -0.25) is 0 Å². The van der Waals surface area contributed by atoms with Crippen LogP contribution in [0, 0.1) is 11.8 Å². The third-order valence-electron chi connectivity index (χ3n) is 4.37. The van der Waals surface area contributed by atoms with Crippen molar-refractivity contribution >= 4 is 23.2 Å². The lowest BCUT2D eigenvalue weighted by Gasteiger charge is -2.39. The largest absolute Gasteiger partial charge is 0.390 e. The van der Waals surface area contributed by atoms with Gasteiger partial charge in [-0.2, -0.15) is 0 Å². The zero-order valence-corrected chi connectivity index (χ0v) is 13.1. The third kappa shape index (κ3) is 3.65. The number of halogens is 2. The first-order valence-corrected chi connectivity index (χ1v) is 7.82. The van der Waals surface area contributed by atoms with E-state index in [1.807, 2.05) is 18.2 Å². The zero-order valence-electron chi connectivity index (χ0n) is 11.6. The Morgan fingerprint density at radius 3 is 2.53 bits per heavy atom. The van der Waals surface area contributed by atoms with Gasteiger partial charge in [0.1, 0.15) is 0 Å². The molecule has 1 saturated carbocycles. The standard InChI is InChI=1S/C16H22Cl2O/c1-11(2)12-5-4-8-16(19,9-12)10-13-14(17)6-3-7-15(13)18/h3,6-7,11-12,19H,4-5,8-10H2,1-2H3. The quantitative estimate of drug-likeness (QED) is 0.822. The normalized spacial score (nSPS) is 27.8. The van der Waals surface area contributed by atoms with Crippen LogP contribution < -0.4 is 0 Å². The molecule has 1 aromatic carbocycles. The first-order chi connectivity index (χ1) is 8.91. The summed E-state index contributed by atoms with van der Waals surface area (Å²) < 4.78 is 0. The van der Waals surface area contributed by atoms with E-state index in [0.29, 0.717) is 28.3 Å². The van der Waals surface area contributed by atoms with E-state index in [4.69, 9.17) is 23.2 Å². The summed E-state index contributed by atoms with van der Waals surface area (Å²) >= 11 is 12.4. The van der Waals surface area contributed by atoms with Gasteiger partial charge >= 0.3 is 0 Å². The molecule has 1 N–H and O–H groups in total. The van der Waals surface area contributed by atoms with E-state index in [0.717, 1.165) is 24.8 Å². The molecule has 0 amide bonds. The van der Waals surface area contributed by atoms with Crippen LogP contribution in [0.5, 0.6) is 0 Å². The molecule has 3 heteroatoms. The van der Waals surface area contributed by atoms with Crippen molar-refractivity contribution in [2.24, 2.45) is 11.8 Å². The van der Waals surface area contributed by atoms with Crippen LogP contribution in [-0.4, -0.2) is 10.7 Å². The van der Waals surface area contributed by atoms with E-state index in [-0.39, 0.29) is 0 Å². The number of benzene rings is 1. The van der Waals surface area contributed by atoms with E-state index >= 15 is 0 Å². The molecule has 1 aliphatic rings. The second kappa shape index (κ2) is 6.03. The lowest BCUT2D eigenvalue weighted by Crippen LogP contribution is -2.39. The van der Waals surface area contributed by atoms with Crippen LogP contribution in [-0.2, 0) is 6.42 Å². The van der Waals surface area contributed by atoms with Crippen LogP contribution in [0.3, 0.4) is 0 Å².